The molecule has 0 saturated carbocycles. The lowest BCUT2D eigenvalue weighted by atomic mass is 10.1. The molecule has 1 aromatic rings. The third kappa shape index (κ3) is 4.35. The summed E-state index contributed by atoms with van der Waals surface area (Å²) >= 11 is 0. The zero-order valence-electron chi connectivity index (χ0n) is 12.2. The predicted molar refractivity (Wildman–Crippen MR) is 76.5 cm³/mol. The highest BCUT2D eigenvalue weighted by molar-refractivity contribution is 5.57. The van der Waals surface area contributed by atoms with Gasteiger partial charge in [0, 0.05) is 39.0 Å². The number of hydrogen-bond acceptors (Lipinski definition) is 3. The van der Waals surface area contributed by atoms with Gasteiger partial charge in [-0.25, -0.2) is 0 Å². The fraction of sp³-hybridized carbons (Fsp3) is 0.600. The first-order valence-corrected chi connectivity index (χ1v) is 7.17. The smallest absolute Gasteiger partial charge is 0.383 e. The van der Waals surface area contributed by atoms with Gasteiger partial charge in [-0.1, -0.05) is 6.07 Å². The Balaban J connectivity index is 2.15. The number of nitrogens with one attached hydrogen (secondary N) is 1. The first-order chi connectivity index (χ1) is 10.0. The molecular formula is C15H21F3N2O. The van der Waals surface area contributed by atoms with E-state index in [1.54, 1.807) is 19.2 Å². The second-order valence-electron chi connectivity index (χ2n) is 5.21. The van der Waals surface area contributed by atoms with Gasteiger partial charge >= 0.3 is 6.18 Å². The van der Waals surface area contributed by atoms with Crippen molar-refractivity contribution >= 4 is 5.69 Å². The van der Waals surface area contributed by atoms with Crippen LogP contribution in [0.2, 0.25) is 0 Å². The quantitative estimate of drug-likeness (QED) is 0.818. The Hall–Kier alpha value is -1.27. The van der Waals surface area contributed by atoms with Crippen LogP contribution < -0.4 is 10.2 Å². The number of anilines is 1. The highest BCUT2D eigenvalue weighted by atomic mass is 19.4. The van der Waals surface area contributed by atoms with E-state index in [9.17, 15) is 13.2 Å². The van der Waals surface area contributed by atoms with Gasteiger partial charge in [-0.2, -0.15) is 13.2 Å². The summed E-state index contributed by atoms with van der Waals surface area (Å²) < 4.78 is 44.7. The van der Waals surface area contributed by atoms with Crippen LogP contribution in [0.4, 0.5) is 18.9 Å². The molecule has 1 N–H and O–H groups in total. The Kier molecular flexibility index (Phi) is 5.47. The van der Waals surface area contributed by atoms with Gasteiger partial charge in [0.15, 0.2) is 0 Å². The van der Waals surface area contributed by atoms with E-state index in [-0.39, 0.29) is 0 Å². The molecule has 1 saturated heterocycles. The number of benzene rings is 1. The maximum absolute atomic E-state index is 13.3. The van der Waals surface area contributed by atoms with Gasteiger partial charge in [0.2, 0.25) is 0 Å². The van der Waals surface area contributed by atoms with Crippen molar-refractivity contribution in [2.45, 2.75) is 25.6 Å². The summed E-state index contributed by atoms with van der Waals surface area (Å²) in [4.78, 5) is 1.82. The molecule has 118 valence electrons. The summed E-state index contributed by atoms with van der Waals surface area (Å²) in [7, 11) is 1.59. The molecule has 0 aliphatic carbocycles. The van der Waals surface area contributed by atoms with Crippen LogP contribution in [-0.2, 0) is 17.5 Å². The Labute approximate surface area is 123 Å². The van der Waals surface area contributed by atoms with Crippen LogP contribution in [0.25, 0.3) is 0 Å². The first kappa shape index (κ1) is 16.1. The fourth-order valence-electron chi connectivity index (χ4n) is 2.56. The number of hydrogen-bond donors (Lipinski definition) is 1. The molecule has 1 heterocycles. The van der Waals surface area contributed by atoms with E-state index in [0.29, 0.717) is 44.0 Å². The molecule has 21 heavy (non-hydrogen) atoms. The van der Waals surface area contributed by atoms with E-state index in [2.05, 4.69) is 5.32 Å². The van der Waals surface area contributed by atoms with Crippen LogP contribution in [0.15, 0.2) is 18.2 Å². The second-order valence-corrected chi connectivity index (χ2v) is 5.21. The summed E-state index contributed by atoms with van der Waals surface area (Å²) in [6, 6.07) is 4.62. The monoisotopic (exact) mass is 302 g/mol. The third-order valence-electron chi connectivity index (χ3n) is 3.63. The van der Waals surface area contributed by atoms with Crippen LogP contribution in [0.5, 0.6) is 0 Å². The average molecular weight is 302 g/mol. The van der Waals surface area contributed by atoms with E-state index in [1.807, 2.05) is 4.90 Å². The molecule has 0 spiro atoms. The molecule has 0 amide bonds. The Bertz CT molecular complexity index is 457. The summed E-state index contributed by atoms with van der Waals surface area (Å²) in [5.74, 6) is 0. The molecule has 0 atom stereocenters. The van der Waals surface area contributed by atoms with Crippen molar-refractivity contribution < 1.29 is 17.9 Å². The van der Waals surface area contributed by atoms with Crippen molar-refractivity contribution in [1.82, 2.24) is 5.32 Å². The topological polar surface area (TPSA) is 24.5 Å². The normalized spacial score (nSPS) is 15.7. The molecule has 1 fully saturated rings. The molecular weight excluding hydrogens is 281 g/mol. The van der Waals surface area contributed by atoms with Crippen LogP contribution in [0, 0.1) is 0 Å². The van der Waals surface area contributed by atoms with Gasteiger partial charge in [0.25, 0.3) is 0 Å². The molecule has 0 radical (unpaired) electrons. The SMILES string of the molecule is COCCNCc1ccc(N2CCCC2)c(C(F)(F)F)c1. The molecule has 1 aliphatic rings. The van der Waals surface area contributed by atoms with E-state index < -0.39 is 11.7 Å². The number of alkyl halides is 3. The summed E-state index contributed by atoms with van der Waals surface area (Å²) in [6.45, 7) is 2.97. The lowest BCUT2D eigenvalue weighted by Crippen LogP contribution is -2.23. The zero-order valence-corrected chi connectivity index (χ0v) is 12.2. The Morgan fingerprint density at radius 3 is 2.57 bits per heavy atom. The Morgan fingerprint density at radius 1 is 1.24 bits per heavy atom. The fourth-order valence-corrected chi connectivity index (χ4v) is 2.56. The third-order valence-corrected chi connectivity index (χ3v) is 3.63. The predicted octanol–water partition coefficient (Wildman–Crippen LogP) is 3.04. The maximum atomic E-state index is 13.3. The van der Waals surface area contributed by atoms with E-state index >= 15 is 0 Å². The number of rotatable bonds is 6. The van der Waals surface area contributed by atoms with Gasteiger partial charge in [0.1, 0.15) is 0 Å². The molecule has 2 rings (SSSR count). The minimum absolute atomic E-state index is 0.306. The number of nitrogens with zero attached hydrogens (tertiary/aromatic N) is 1. The van der Waals surface area contributed by atoms with Crippen LogP contribution in [0.3, 0.4) is 0 Å². The van der Waals surface area contributed by atoms with Crippen molar-refractivity contribution in [1.29, 1.82) is 0 Å². The van der Waals surface area contributed by atoms with Crippen molar-refractivity contribution in [2.24, 2.45) is 0 Å². The number of methoxy groups -OCH3 is 1. The lowest BCUT2D eigenvalue weighted by molar-refractivity contribution is -0.137. The summed E-state index contributed by atoms with van der Waals surface area (Å²) in [5, 5.41) is 3.06. The molecule has 1 aliphatic heterocycles. The number of ether oxygens (including phenoxy) is 1. The van der Waals surface area contributed by atoms with E-state index in [0.717, 1.165) is 12.8 Å². The molecule has 1 aromatic carbocycles. The van der Waals surface area contributed by atoms with E-state index in [4.69, 9.17) is 4.74 Å². The van der Waals surface area contributed by atoms with Gasteiger partial charge < -0.3 is 15.0 Å². The van der Waals surface area contributed by atoms with E-state index in [1.165, 1.54) is 6.07 Å². The van der Waals surface area contributed by atoms with Crippen molar-refractivity contribution in [3.8, 4) is 0 Å². The minimum Gasteiger partial charge on any atom is -0.383 e. The molecule has 0 aromatic heterocycles. The van der Waals surface area contributed by atoms with Crippen LogP contribution >= 0.6 is 0 Å². The first-order valence-electron chi connectivity index (χ1n) is 7.17. The largest absolute Gasteiger partial charge is 0.418 e. The molecule has 6 heteroatoms. The highest BCUT2D eigenvalue weighted by Crippen LogP contribution is 2.38. The van der Waals surface area contributed by atoms with Crippen molar-refractivity contribution in [3.63, 3.8) is 0 Å². The van der Waals surface area contributed by atoms with Crippen molar-refractivity contribution in [2.75, 3.05) is 38.3 Å². The molecule has 0 unspecified atom stereocenters. The minimum atomic E-state index is -4.32. The maximum Gasteiger partial charge on any atom is 0.418 e. The standard InChI is InChI=1S/C15H21F3N2O/c1-21-9-6-19-11-12-4-5-14(20-7-2-3-8-20)13(10-12)15(16,17)18/h4-5,10,19H,2-3,6-9,11H2,1H3. The van der Waals surface area contributed by atoms with Crippen LogP contribution in [0.1, 0.15) is 24.0 Å². The zero-order chi connectivity index (χ0) is 15.3. The van der Waals surface area contributed by atoms with Crippen molar-refractivity contribution in [3.05, 3.63) is 29.3 Å². The molecule has 3 nitrogen and oxygen atoms in total. The second kappa shape index (κ2) is 7.13. The van der Waals surface area contributed by atoms with Gasteiger partial charge in [-0.3, -0.25) is 0 Å². The molecule has 0 bridgehead atoms. The Morgan fingerprint density at radius 2 is 1.95 bits per heavy atom. The summed E-state index contributed by atoms with van der Waals surface area (Å²) in [6.07, 6.45) is -2.41. The van der Waals surface area contributed by atoms with Crippen LogP contribution in [-0.4, -0.2) is 33.4 Å². The van der Waals surface area contributed by atoms with Gasteiger partial charge in [-0.05, 0) is 30.5 Å². The summed E-state index contributed by atoms with van der Waals surface area (Å²) in [5.41, 5.74) is 0.414. The van der Waals surface area contributed by atoms with Gasteiger partial charge in [-0.15, -0.1) is 0 Å². The van der Waals surface area contributed by atoms with Gasteiger partial charge in [0.05, 0.1) is 12.2 Å². The number of halogens is 3. The average Bonchev–Trinajstić information content (AvgIpc) is 2.96. The highest BCUT2D eigenvalue weighted by Gasteiger charge is 2.35. The lowest BCUT2D eigenvalue weighted by Gasteiger charge is -2.23.